The minimum atomic E-state index is 0.745. The van der Waals surface area contributed by atoms with Crippen molar-refractivity contribution in [3.63, 3.8) is 0 Å². The van der Waals surface area contributed by atoms with E-state index in [0.717, 1.165) is 38.2 Å². The molecule has 0 bridgehead atoms. The molecular formula is C22H21Cl2N. The zero-order chi connectivity index (χ0) is 18.1. The number of halogens is 2. The molecule has 0 saturated heterocycles. The summed E-state index contributed by atoms with van der Waals surface area (Å²) in [6, 6.07) is 18.5. The summed E-state index contributed by atoms with van der Waals surface area (Å²) >= 11 is 12.4. The molecule has 25 heavy (non-hydrogen) atoms. The lowest BCUT2D eigenvalue weighted by Gasteiger charge is -2.30. The van der Waals surface area contributed by atoms with Gasteiger partial charge in [-0.05, 0) is 86.8 Å². The predicted octanol–water partition coefficient (Wildman–Crippen LogP) is 7.70. The Morgan fingerprint density at radius 3 is 1.36 bits per heavy atom. The minimum absolute atomic E-state index is 0.745. The third-order valence-corrected chi connectivity index (χ3v) is 4.86. The molecule has 0 N–H and O–H groups in total. The fourth-order valence-electron chi connectivity index (χ4n) is 3.19. The van der Waals surface area contributed by atoms with E-state index in [1.807, 2.05) is 24.3 Å². The molecule has 0 heterocycles. The van der Waals surface area contributed by atoms with E-state index in [2.05, 4.69) is 62.9 Å². The van der Waals surface area contributed by atoms with Crippen LogP contribution in [0, 0.1) is 27.7 Å². The van der Waals surface area contributed by atoms with Gasteiger partial charge < -0.3 is 4.90 Å². The highest BCUT2D eigenvalue weighted by Crippen LogP contribution is 2.41. The molecular weight excluding hydrogens is 349 g/mol. The highest BCUT2D eigenvalue weighted by molar-refractivity contribution is 6.31. The molecule has 0 saturated carbocycles. The first-order valence-electron chi connectivity index (χ1n) is 8.26. The van der Waals surface area contributed by atoms with Gasteiger partial charge in [-0.1, -0.05) is 40.9 Å². The SMILES string of the molecule is Cc1ccc(N(c2ccc(Cl)cc2C)c2ccc(Cl)cc2C)c(C)c1. The molecule has 0 aliphatic carbocycles. The molecule has 0 spiro atoms. The summed E-state index contributed by atoms with van der Waals surface area (Å²) in [5, 5.41) is 1.49. The van der Waals surface area contributed by atoms with Crippen LogP contribution in [0.3, 0.4) is 0 Å². The first-order chi connectivity index (χ1) is 11.9. The van der Waals surface area contributed by atoms with Gasteiger partial charge in [-0.3, -0.25) is 0 Å². The number of rotatable bonds is 3. The maximum atomic E-state index is 6.18. The van der Waals surface area contributed by atoms with Crippen LogP contribution in [0.2, 0.25) is 10.0 Å². The summed E-state index contributed by atoms with van der Waals surface area (Å²) in [6.07, 6.45) is 0. The molecule has 0 amide bonds. The standard InChI is InChI=1S/C22H21Cl2N/c1-14-5-8-20(15(2)11-14)25(21-9-6-18(23)12-16(21)3)22-10-7-19(24)13-17(22)4/h5-13H,1-4H3. The van der Waals surface area contributed by atoms with Gasteiger partial charge in [-0.15, -0.1) is 0 Å². The van der Waals surface area contributed by atoms with Gasteiger partial charge in [-0.2, -0.15) is 0 Å². The summed E-state index contributed by atoms with van der Waals surface area (Å²) in [5.74, 6) is 0. The Bertz CT molecular complexity index is 809. The Morgan fingerprint density at radius 2 is 0.960 bits per heavy atom. The van der Waals surface area contributed by atoms with E-state index < -0.39 is 0 Å². The Hall–Kier alpha value is -1.96. The van der Waals surface area contributed by atoms with Crippen LogP contribution in [0.15, 0.2) is 54.6 Å². The number of hydrogen-bond acceptors (Lipinski definition) is 1. The molecule has 3 aromatic carbocycles. The smallest absolute Gasteiger partial charge is 0.0492 e. The maximum Gasteiger partial charge on any atom is 0.0492 e. The van der Waals surface area contributed by atoms with Crippen LogP contribution in [0.4, 0.5) is 17.1 Å². The Balaban J connectivity index is 2.27. The van der Waals surface area contributed by atoms with Gasteiger partial charge in [0, 0.05) is 27.1 Å². The third-order valence-electron chi connectivity index (χ3n) is 4.39. The third kappa shape index (κ3) is 3.68. The molecule has 0 aliphatic rings. The van der Waals surface area contributed by atoms with E-state index in [1.54, 1.807) is 0 Å². The van der Waals surface area contributed by atoms with Crippen LogP contribution >= 0.6 is 23.2 Å². The van der Waals surface area contributed by atoms with Crippen molar-refractivity contribution in [1.29, 1.82) is 0 Å². The first-order valence-corrected chi connectivity index (χ1v) is 9.02. The molecule has 0 aromatic heterocycles. The largest absolute Gasteiger partial charge is 0.310 e. The van der Waals surface area contributed by atoms with Crippen molar-refractivity contribution >= 4 is 40.3 Å². The lowest BCUT2D eigenvalue weighted by Crippen LogP contribution is -2.14. The number of aryl methyl sites for hydroxylation is 4. The van der Waals surface area contributed by atoms with Crippen molar-refractivity contribution in [2.24, 2.45) is 0 Å². The van der Waals surface area contributed by atoms with E-state index in [-0.39, 0.29) is 0 Å². The second-order valence-electron chi connectivity index (χ2n) is 6.49. The van der Waals surface area contributed by atoms with Gasteiger partial charge in [0.2, 0.25) is 0 Å². The number of nitrogens with zero attached hydrogens (tertiary/aromatic N) is 1. The van der Waals surface area contributed by atoms with Crippen LogP contribution in [-0.2, 0) is 0 Å². The highest BCUT2D eigenvalue weighted by Gasteiger charge is 2.18. The van der Waals surface area contributed by atoms with E-state index in [9.17, 15) is 0 Å². The molecule has 0 unspecified atom stereocenters. The van der Waals surface area contributed by atoms with Crippen LogP contribution in [0.25, 0.3) is 0 Å². The van der Waals surface area contributed by atoms with E-state index in [0.29, 0.717) is 0 Å². The number of benzene rings is 3. The van der Waals surface area contributed by atoms with Crippen molar-refractivity contribution < 1.29 is 0 Å². The van der Waals surface area contributed by atoms with Crippen LogP contribution in [-0.4, -0.2) is 0 Å². The molecule has 1 nitrogen and oxygen atoms in total. The summed E-state index contributed by atoms with van der Waals surface area (Å²) in [4.78, 5) is 2.28. The lowest BCUT2D eigenvalue weighted by atomic mass is 10.0. The summed E-state index contributed by atoms with van der Waals surface area (Å²) in [7, 11) is 0. The predicted molar refractivity (Wildman–Crippen MR) is 110 cm³/mol. The molecule has 128 valence electrons. The molecule has 3 rings (SSSR count). The van der Waals surface area contributed by atoms with Crippen molar-refractivity contribution in [2.45, 2.75) is 27.7 Å². The van der Waals surface area contributed by atoms with Gasteiger partial charge in [0.25, 0.3) is 0 Å². The summed E-state index contributed by atoms with van der Waals surface area (Å²) < 4.78 is 0. The molecule has 0 fully saturated rings. The van der Waals surface area contributed by atoms with Crippen LogP contribution in [0.5, 0.6) is 0 Å². The van der Waals surface area contributed by atoms with E-state index >= 15 is 0 Å². The van der Waals surface area contributed by atoms with Gasteiger partial charge in [0.1, 0.15) is 0 Å². The normalized spacial score (nSPS) is 10.8. The second-order valence-corrected chi connectivity index (χ2v) is 7.36. The zero-order valence-electron chi connectivity index (χ0n) is 14.9. The average molecular weight is 370 g/mol. The average Bonchev–Trinajstić information content (AvgIpc) is 2.52. The van der Waals surface area contributed by atoms with E-state index in [1.165, 1.54) is 11.1 Å². The molecule has 3 aromatic rings. The second kappa shape index (κ2) is 7.11. The number of anilines is 3. The molecule has 0 aliphatic heterocycles. The monoisotopic (exact) mass is 369 g/mol. The molecule has 0 atom stereocenters. The van der Waals surface area contributed by atoms with Gasteiger partial charge in [0.15, 0.2) is 0 Å². The van der Waals surface area contributed by atoms with Gasteiger partial charge in [-0.25, -0.2) is 0 Å². The lowest BCUT2D eigenvalue weighted by molar-refractivity contribution is 1.20. The maximum absolute atomic E-state index is 6.18. The quantitative estimate of drug-likeness (QED) is 0.457. The highest BCUT2D eigenvalue weighted by atomic mass is 35.5. The Labute approximate surface area is 159 Å². The Kier molecular flexibility index (Phi) is 5.08. The molecule has 0 radical (unpaired) electrons. The van der Waals surface area contributed by atoms with Crippen molar-refractivity contribution in [1.82, 2.24) is 0 Å². The summed E-state index contributed by atoms with van der Waals surface area (Å²) in [6.45, 7) is 8.43. The van der Waals surface area contributed by atoms with Gasteiger partial charge in [0.05, 0.1) is 0 Å². The zero-order valence-corrected chi connectivity index (χ0v) is 16.4. The van der Waals surface area contributed by atoms with Crippen molar-refractivity contribution in [3.05, 3.63) is 86.9 Å². The van der Waals surface area contributed by atoms with E-state index in [4.69, 9.17) is 23.2 Å². The Morgan fingerprint density at radius 1 is 0.560 bits per heavy atom. The van der Waals surface area contributed by atoms with Gasteiger partial charge >= 0.3 is 0 Å². The fraction of sp³-hybridized carbons (Fsp3) is 0.182. The van der Waals surface area contributed by atoms with Crippen LogP contribution in [0.1, 0.15) is 22.3 Å². The molecule has 3 heteroatoms. The minimum Gasteiger partial charge on any atom is -0.310 e. The fourth-order valence-corrected chi connectivity index (χ4v) is 3.64. The van der Waals surface area contributed by atoms with Crippen molar-refractivity contribution in [2.75, 3.05) is 4.90 Å². The van der Waals surface area contributed by atoms with Crippen molar-refractivity contribution in [3.8, 4) is 0 Å². The number of hydrogen-bond donors (Lipinski definition) is 0. The van der Waals surface area contributed by atoms with Crippen LogP contribution < -0.4 is 4.90 Å². The first kappa shape index (κ1) is 17.8. The summed E-state index contributed by atoms with van der Waals surface area (Å²) in [5.41, 5.74) is 8.11. The topological polar surface area (TPSA) is 3.24 Å².